The number of rotatable bonds is 4. The van der Waals surface area contributed by atoms with Crippen molar-refractivity contribution in [2.75, 3.05) is 26.7 Å². The van der Waals surface area contributed by atoms with Gasteiger partial charge in [-0.3, -0.25) is 9.69 Å². The molecule has 1 amide bonds. The minimum atomic E-state index is 0.335. The molecular weight excluding hydrogens is 300 g/mol. The lowest BCUT2D eigenvalue weighted by atomic mass is 9.73. The van der Waals surface area contributed by atoms with E-state index >= 15 is 0 Å². The number of likely N-dealkylation sites (tertiary alicyclic amines) is 2. The first-order chi connectivity index (χ1) is 11.7. The third-order valence-electron chi connectivity index (χ3n) is 5.99. The van der Waals surface area contributed by atoms with Gasteiger partial charge >= 0.3 is 0 Å². The average Bonchev–Trinajstić information content (AvgIpc) is 3.43. The molecule has 1 aliphatic carbocycles. The van der Waals surface area contributed by atoms with Crippen molar-refractivity contribution in [3.63, 3.8) is 0 Å². The summed E-state index contributed by atoms with van der Waals surface area (Å²) in [5.74, 6) is 1.31. The zero-order valence-corrected chi connectivity index (χ0v) is 14.7. The second-order valence-electron chi connectivity index (χ2n) is 7.92. The molecule has 2 heterocycles. The van der Waals surface area contributed by atoms with E-state index in [1.165, 1.54) is 37.8 Å². The second-order valence-corrected chi connectivity index (χ2v) is 7.92. The molecule has 2 saturated heterocycles. The monoisotopic (exact) mass is 328 g/mol. The Kier molecular flexibility index (Phi) is 4.25. The van der Waals surface area contributed by atoms with Crippen molar-refractivity contribution in [1.82, 2.24) is 9.80 Å². The maximum atomic E-state index is 12.2. The minimum absolute atomic E-state index is 0.335. The van der Waals surface area contributed by atoms with Crippen LogP contribution in [0.15, 0.2) is 24.3 Å². The van der Waals surface area contributed by atoms with Crippen molar-refractivity contribution >= 4 is 5.91 Å². The molecule has 0 bridgehead atoms. The fourth-order valence-corrected chi connectivity index (χ4v) is 4.53. The van der Waals surface area contributed by atoms with Gasteiger partial charge in [-0.2, -0.15) is 0 Å². The summed E-state index contributed by atoms with van der Waals surface area (Å²) in [6, 6.07) is 8.99. The van der Waals surface area contributed by atoms with Crippen LogP contribution in [0.25, 0.3) is 0 Å². The van der Waals surface area contributed by atoms with Gasteiger partial charge in [0.1, 0.15) is 5.75 Å². The van der Waals surface area contributed by atoms with Crippen LogP contribution in [-0.2, 0) is 11.3 Å². The molecule has 0 unspecified atom stereocenters. The fourth-order valence-electron chi connectivity index (χ4n) is 4.53. The molecule has 1 aromatic carbocycles. The van der Waals surface area contributed by atoms with E-state index in [9.17, 15) is 4.79 Å². The summed E-state index contributed by atoms with van der Waals surface area (Å²) in [4.78, 5) is 17.0. The molecule has 2 aliphatic heterocycles. The lowest BCUT2D eigenvalue weighted by molar-refractivity contribution is -0.140. The van der Waals surface area contributed by atoms with Gasteiger partial charge in [0, 0.05) is 37.5 Å². The van der Waals surface area contributed by atoms with Gasteiger partial charge < -0.3 is 9.64 Å². The molecule has 130 valence electrons. The van der Waals surface area contributed by atoms with Gasteiger partial charge in [-0.15, -0.1) is 0 Å². The number of hydrogen-bond donors (Lipinski definition) is 0. The summed E-state index contributed by atoms with van der Waals surface area (Å²) >= 11 is 0. The second kappa shape index (κ2) is 6.40. The number of carbonyl (C=O) groups excluding carboxylic acids is 1. The van der Waals surface area contributed by atoms with Crippen molar-refractivity contribution < 1.29 is 9.53 Å². The molecule has 4 nitrogen and oxygen atoms in total. The lowest BCUT2D eigenvalue weighted by Crippen LogP contribution is -2.54. The van der Waals surface area contributed by atoms with E-state index in [-0.39, 0.29) is 0 Å². The third kappa shape index (κ3) is 3.30. The van der Waals surface area contributed by atoms with E-state index in [1.54, 1.807) is 7.11 Å². The fraction of sp³-hybridized carbons (Fsp3) is 0.650. The van der Waals surface area contributed by atoms with E-state index in [2.05, 4.69) is 21.9 Å². The first-order valence-corrected chi connectivity index (χ1v) is 9.32. The maximum Gasteiger partial charge on any atom is 0.222 e. The lowest BCUT2D eigenvalue weighted by Gasteiger charge is -2.48. The number of methoxy groups -OCH3 is 1. The maximum absolute atomic E-state index is 12.2. The molecule has 1 spiro atoms. The Balaban J connectivity index is 1.42. The van der Waals surface area contributed by atoms with E-state index < -0.39 is 0 Å². The topological polar surface area (TPSA) is 32.8 Å². The molecule has 1 atom stereocenters. The van der Waals surface area contributed by atoms with Crippen LogP contribution < -0.4 is 4.74 Å². The summed E-state index contributed by atoms with van der Waals surface area (Å²) in [5, 5.41) is 0. The molecule has 24 heavy (non-hydrogen) atoms. The number of hydrogen-bond acceptors (Lipinski definition) is 3. The Morgan fingerprint density at radius 2 is 1.96 bits per heavy atom. The van der Waals surface area contributed by atoms with Gasteiger partial charge in [0.15, 0.2) is 0 Å². The summed E-state index contributed by atoms with van der Waals surface area (Å²) < 4.78 is 5.25. The summed E-state index contributed by atoms with van der Waals surface area (Å²) in [7, 11) is 1.71. The Bertz CT molecular complexity index is 596. The standard InChI is InChI=1S/C20H28N2O2/c1-24-18-7-3-16(4-8-18)13-21-12-2-10-20(14-21)11-9-19(23)22(15-20)17-5-6-17/h3-4,7-8,17H,2,5-6,9-15H2,1H3/t20-/m1/s1. The van der Waals surface area contributed by atoms with Gasteiger partial charge in [0.25, 0.3) is 0 Å². The van der Waals surface area contributed by atoms with Crippen molar-refractivity contribution in [2.24, 2.45) is 5.41 Å². The van der Waals surface area contributed by atoms with Crippen LogP contribution in [0.2, 0.25) is 0 Å². The molecule has 3 fully saturated rings. The van der Waals surface area contributed by atoms with Crippen molar-refractivity contribution in [3.8, 4) is 5.75 Å². The van der Waals surface area contributed by atoms with Crippen LogP contribution in [0.5, 0.6) is 5.75 Å². The smallest absolute Gasteiger partial charge is 0.222 e. The molecule has 0 aromatic heterocycles. The number of benzene rings is 1. The Hall–Kier alpha value is -1.55. The zero-order valence-electron chi connectivity index (χ0n) is 14.7. The van der Waals surface area contributed by atoms with Gasteiger partial charge in [-0.1, -0.05) is 12.1 Å². The van der Waals surface area contributed by atoms with Crippen molar-refractivity contribution in [1.29, 1.82) is 0 Å². The molecular formula is C20H28N2O2. The minimum Gasteiger partial charge on any atom is -0.497 e. The van der Waals surface area contributed by atoms with E-state index in [0.717, 1.165) is 38.2 Å². The SMILES string of the molecule is COc1ccc(CN2CCC[C@@]3(CCC(=O)N(C4CC4)C3)C2)cc1. The molecule has 1 saturated carbocycles. The van der Waals surface area contributed by atoms with Crippen molar-refractivity contribution in [2.45, 2.75) is 51.1 Å². The molecule has 4 rings (SSSR count). The number of piperidine rings is 2. The van der Waals surface area contributed by atoms with Gasteiger partial charge in [-0.05, 0) is 56.3 Å². The first kappa shape index (κ1) is 15.9. The third-order valence-corrected chi connectivity index (χ3v) is 5.99. The highest BCUT2D eigenvalue weighted by Crippen LogP contribution is 2.42. The Morgan fingerprint density at radius 1 is 1.17 bits per heavy atom. The summed E-state index contributed by atoms with van der Waals surface area (Å²) in [6.07, 6.45) is 6.81. The van der Waals surface area contributed by atoms with Crippen LogP contribution in [0.1, 0.15) is 44.1 Å². The highest BCUT2D eigenvalue weighted by Gasteiger charge is 2.45. The van der Waals surface area contributed by atoms with Crippen LogP contribution >= 0.6 is 0 Å². The highest BCUT2D eigenvalue weighted by atomic mass is 16.5. The van der Waals surface area contributed by atoms with E-state index in [4.69, 9.17) is 4.74 Å². The molecule has 3 aliphatic rings. The Morgan fingerprint density at radius 3 is 2.67 bits per heavy atom. The predicted octanol–water partition coefficient (Wildman–Crippen LogP) is 3.06. The van der Waals surface area contributed by atoms with Crippen LogP contribution in [0.3, 0.4) is 0 Å². The van der Waals surface area contributed by atoms with Crippen molar-refractivity contribution in [3.05, 3.63) is 29.8 Å². The normalized spacial score (nSPS) is 28.4. The molecule has 4 heteroatoms. The summed E-state index contributed by atoms with van der Waals surface area (Å²) in [6.45, 7) is 4.30. The van der Waals surface area contributed by atoms with Crippen LogP contribution in [0, 0.1) is 5.41 Å². The highest BCUT2D eigenvalue weighted by molar-refractivity contribution is 5.78. The first-order valence-electron chi connectivity index (χ1n) is 9.32. The molecule has 0 radical (unpaired) electrons. The van der Waals surface area contributed by atoms with Gasteiger partial charge in [-0.25, -0.2) is 0 Å². The largest absolute Gasteiger partial charge is 0.497 e. The average molecular weight is 328 g/mol. The molecule has 1 aromatic rings. The van der Waals surface area contributed by atoms with Gasteiger partial charge in [0.05, 0.1) is 7.11 Å². The van der Waals surface area contributed by atoms with E-state index in [0.29, 0.717) is 17.4 Å². The van der Waals surface area contributed by atoms with Gasteiger partial charge in [0.2, 0.25) is 5.91 Å². The van der Waals surface area contributed by atoms with E-state index in [1.807, 2.05) is 12.1 Å². The number of amides is 1. The number of ether oxygens (including phenoxy) is 1. The number of nitrogens with zero attached hydrogens (tertiary/aromatic N) is 2. The zero-order chi connectivity index (χ0) is 16.6. The number of carbonyl (C=O) groups is 1. The Labute approximate surface area is 144 Å². The quantitative estimate of drug-likeness (QED) is 0.851. The van der Waals surface area contributed by atoms with Crippen LogP contribution in [0.4, 0.5) is 0 Å². The predicted molar refractivity (Wildman–Crippen MR) is 93.9 cm³/mol. The van der Waals surface area contributed by atoms with Crippen LogP contribution in [-0.4, -0.2) is 48.5 Å². The molecule has 0 N–H and O–H groups in total. The summed E-state index contributed by atoms with van der Waals surface area (Å²) in [5.41, 5.74) is 1.68.